The fraction of sp³-hybridized carbons (Fsp3) is 0.692. The summed E-state index contributed by atoms with van der Waals surface area (Å²) < 4.78 is 5.14. The maximum Gasteiger partial charge on any atom is 0.483 e. The Bertz CT molecular complexity index is 400. The molecule has 0 radical (unpaired) electrons. The van der Waals surface area contributed by atoms with Gasteiger partial charge in [-0.05, 0) is 32.7 Å². The van der Waals surface area contributed by atoms with Crippen LogP contribution >= 0.6 is 0 Å². The molecule has 0 aromatic heterocycles. The zero-order chi connectivity index (χ0) is 15.3. The molecule has 6 nitrogen and oxygen atoms in total. The highest BCUT2D eigenvalue weighted by Crippen LogP contribution is 2.14. The summed E-state index contributed by atoms with van der Waals surface area (Å²) in [6.45, 7) is 6.13. The molecule has 20 heavy (non-hydrogen) atoms. The Balaban J connectivity index is 2.36. The first kappa shape index (κ1) is 16.7. The molecule has 112 valence electrons. The molecule has 0 spiro atoms. The van der Waals surface area contributed by atoms with Gasteiger partial charge in [0.15, 0.2) is 0 Å². The normalized spacial score (nSPS) is 15.7. The molecule has 0 saturated heterocycles. The summed E-state index contributed by atoms with van der Waals surface area (Å²) in [5, 5.41) is 18.0. The third kappa shape index (κ3) is 5.75. The first-order valence-corrected chi connectivity index (χ1v) is 6.74. The Morgan fingerprint density at radius 2 is 2.00 bits per heavy atom. The molecule has 1 rings (SSSR count). The van der Waals surface area contributed by atoms with Crippen LogP contribution in [0.25, 0.3) is 0 Å². The van der Waals surface area contributed by atoms with Crippen molar-refractivity contribution in [2.24, 2.45) is 0 Å². The van der Waals surface area contributed by atoms with Gasteiger partial charge >= 0.3 is 13.1 Å². The topological polar surface area (TPSA) is 87.1 Å². The highest BCUT2D eigenvalue weighted by atomic mass is 16.6. The fourth-order valence-electron chi connectivity index (χ4n) is 1.91. The first-order chi connectivity index (χ1) is 9.19. The molecule has 1 aliphatic rings. The molecule has 0 unspecified atom stereocenters. The SMILES string of the molecule is CC(C)(C)OC(=O)CCC(=O)N1CC=C(B(O)O)CC1. The van der Waals surface area contributed by atoms with Crippen LogP contribution in [-0.2, 0) is 14.3 Å². The molecule has 0 aliphatic carbocycles. The van der Waals surface area contributed by atoms with Gasteiger partial charge in [0.05, 0.1) is 6.42 Å². The molecule has 0 aromatic carbocycles. The fourth-order valence-corrected chi connectivity index (χ4v) is 1.91. The monoisotopic (exact) mass is 283 g/mol. The smallest absolute Gasteiger partial charge is 0.460 e. The molecule has 0 fully saturated rings. The van der Waals surface area contributed by atoms with Gasteiger partial charge in [0, 0.05) is 19.5 Å². The van der Waals surface area contributed by atoms with Crippen LogP contribution in [0.2, 0.25) is 0 Å². The average Bonchev–Trinajstić information content (AvgIpc) is 2.34. The van der Waals surface area contributed by atoms with E-state index in [0.717, 1.165) is 0 Å². The highest BCUT2D eigenvalue weighted by molar-refractivity contribution is 6.50. The number of nitrogens with zero attached hydrogens (tertiary/aromatic N) is 1. The van der Waals surface area contributed by atoms with Crippen molar-refractivity contribution in [1.29, 1.82) is 0 Å². The quantitative estimate of drug-likeness (QED) is 0.571. The average molecular weight is 283 g/mol. The minimum Gasteiger partial charge on any atom is -0.460 e. The van der Waals surface area contributed by atoms with Gasteiger partial charge in [0.2, 0.25) is 5.91 Å². The number of esters is 1. The third-order valence-electron chi connectivity index (χ3n) is 2.89. The van der Waals surface area contributed by atoms with Crippen molar-refractivity contribution in [3.8, 4) is 0 Å². The second-order valence-corrected chi connectivity index (χ2v) is 5.83. The van der Waals surface area contributed by atoms with E-state index in [0.29, 0.717) is 25.0 Å². The van der Waals surface area contributed by atoms with Gasteiger partial charge in [-0.25, -0.2) is 0 Å². The molecule has 2 N–H and O–H groups in total. The first-order valence-electron chi connectivity index (χ1n) is 6.74. The molecule has 1 heterocycles. The second-order valence-electron chi connectivity index (χ2n) is 5.83. The van der Waals surface area contributed by atoms with Gasteiger partial charge in [-0.2, -0.15) is 0 Å². The molecule has 7 heteroatoms. The molecule has 0 aromatic rings. The summed E-state index contributed by atoms with van der Waals surface area (Å²) in [5.74, 6) is -0.511. The lowest BCUT2D eigenvalue weighted by molar-refractivity contribution is -0.156. The van der Waals surface area contributed by atoms with E-state index in [1.807, 2.05) is 0 Å². The van der Waals surface area contributed by atoms with Crippen molar-refractivity contribution in [1.82, 2.24) is 4.90 Å². The highest BCUT2D eigenvalue weighted by Gasteiger charge is 2.23. The molecule has 0 atom stereocenters. The summed E-state index contributed by atoms with van der Waals surface area (Å²) in [4.78, 5) is 25.0. The van der Waals surface area contributed by atoms with Crippen LogP contribution < -0.4 is 0 Å². The Morgan fingerprint density at radius 1 is 1.35 bits per heavy atom. The van der Waals surface area contributed by atoms with Crippen LogP contribution in [0, 0.1) is 0 Å². The van der Waals surface area contributed by atoms with E-state index < -0.39 is 12.7 Å². The minimum absolute atomic E-state index is 0.0613. The number of carbonyl (C=O) groups is 2. The number of hydrogen-bond donors (Lipinski definition) is 2. The van der Waals surface area contributed by atoms with Crippen molar-refractivity contribution in [2.75, 3.05) is 13.1 Å². The second kappa shape index (κ2) is 6.90. The maximum absolute atomic E-state index is 11.9. The molecular formula is C13H22BNO5. The van der Waals surface area contributed by atoms with Crippen LogP contribution in [0.3, 0.4) is 0 Å². The molecule has 1 aliphatic heterocycles. The van der Waals surface area contributed by atoms with Crippen LogP contribution in [0.1, 0.15) is 40.0 Å². The van der Waals surface area contributed by atoms with Crippen molar-refractivity contribution in [2.45, 2.75) is 45.6 Å². The van der Waals surface area contributed by atoms with E-state index in [9.17, 15) is 9.59 Å². The lowest BCUT2D eigenvalue weighted by Gasteiger charge is -2.26. The van der Waals surface area contributed by atoms with Crippen molar-refractivity contribution in [3.63, 3.8) is 0 Å². The number of amides is 1. The zero-order valence-corrected chi connectivity index (χ0v) is 12.3. The lowest BCUT2D eigenvalue weighted by Crippen LogP contribution is -2.37. The van der Waals surface area contributed by atoms with Gasteiger partial charge in [-0.1, -0.05) is 6.08 Å². The van der Waals surface area contributed by atoms with Crippen LogP contribution in [0.4, 0.5) is 0 Å². The summed E-state index contributed by atoms with van der Waals surface area (Å²) in [6, 6.07) is 0. The van der Waals surface area contributed by atoms with Crippen LogP contribution in [0.5, 0.6) is 0 Å². The molecule has 0 saturated carbocycles. The standard InChI is InChI=1S/C13H22BNO5/c1-13(2,3)20-12(17)5-4-11(16)15-8-6-10(7-9-15)14(18)19/h6,18-19H,4-5,7-9H2,1-3H3. The molecule has 1 amide bonds. The summed E-state index contributed by atoms with van der Waals surface area (Å²) in [6.07, 6.45) is 2.25. The Kier molecular flexibility index (Phi) is 5.77. The summed E-state index contributed by atoms with van der Waals surface area (Å²) in [7, 11) is -1.45. The van der Waals surface area contributed by atoms with Gasteiger partial charge < -0.3 is 19.7 Å². The predicted molar refractivity (Wildman–Crippen MR) is 74.6 cm³/mol. The molecule has 0 bridgehead atoms. The Morgan fingerprint density at radius 3 is 2.45 bits per heavy atom. The Labute approximate surface area is 119 Å². The van der Waals surface area contributed by atoms with E-state index in [1.165, 1.54) is 0 Å². The van der Waals surface area contributed by atoms with E-state index in [2.05, 4.69) is 0 Å². The lowest BCUT2D eigenvalue weighted by atomic mass is 9.76. The van der Waals surface area contributed by atoms with E-state index in [1.54, 1.807) is 31.7 Å². The zero-order valence-electron chi connectivity index (χ0n) is 12.3. The van der Waals surface area contributed by atoms with Gasteiger partial charge in [0.25, 0.3) is 0 Å². The number of carbonyl (C=O) groups excluding carboxylic acids is 2. The summed E-state index contributed by atoms with van der Waals surface area (Å²) >= 11 is 0. The number of rotatable bonds is 4. The minimum atomic E-state index is -1.45. The van der Waals surface area contributed by atoms with Crippen LogP contribution in [0.15, 0.2) is 11.5 Å². The van der Waals surface area contributed by atoms with Crippen molar-refractivity contribution >= 4 is 19.0 Å². The van der Waals surface area contributed by atoms with Gasteiger partial charge in [0.1, 0.15) is 5.60 Å². The predicted octanol–water partition coefficient (Wildman–Crippen LogP) is 0.279. The van der Waals surface area contributed by atoms with Gasteiger partial charge in [-0.15, -0.1) is 0 Å². The third-order valence-corrected chi connectivity index (χ3v) is 2.89. The largest absolute Gasteiger partial charge is 0.483 e. The van der Waals surface area contributed by atoms with E-state index in [4.69, 9.17) is 14.8 Å². The van der Waals surface area contributed by atoms with E-state index in [-0.39, 0.29) is 24.7 Å². The number of hydrogen-bond acceptors (Lipinski definition) is 5. The molecular weight excluding hydrogens is 261 g/mol. The van der Waals surface area contributed by atoms with Crippen LogP contribution in [-0.4, -0.2) is 52.6 Å². The van der Waals surface area contributed by atoms with Crippen molar-refractivity contribution in [3.05, 3.63) is 11.5 Å². The summed E-state index contributed by atoms with van der Waals surface area (Å²) in [5.41, 5.74) is -0.0126. The maximum atomic E-state index is 11.9. The number of ether oxygens (including phenoxy) is 1. The van der Waals surface area contributed by atoms with E-state index >= 15 is 0 Å². The van der Waals surface area contributed by atoms with Gasteiger partial charge in [-0.3, -0.25) is 9.59 Å². The Hall–Kier alpha value is -1.34. The van der Waals surface area contributed by atoms with Crippen molar-refractivity contribution < 1.29 is 24.4 Å².